The van der Waals surface area contributed by atoms with Crippen LogP contribution >= 0.6 is 0 Å². The summed E-state index contributed by atoms with van der Waals surface area (Å²) in [6.07, 6.45) is 3.48. The van der Waals surface area contributed by atoms with E-state index in [-0.39, 0.29) is 11.9 Å². The number of carbonyl (C=O) groups excluding carboxylic acids is 1. The molecule has 1 aliphatic heterocycles. The fourth-order valence-corrected chi connectivity index (χ4v) is 4.39. The molecule has 0 spiro atoms. The van der Waals surface area contributed by atoms with Crippen LogP contribution in [0.4, 0.5) is 5.82 Å². The molecule has 0 bridgehead atoms. The number of hydrogen-bond acceptors (Lipinski definition) is 7. The quantitative estimate of drug-likeness (QED) is 0.407. The van der Waals surface area contributed by atoms with Gasteiger partial charge >= 0.3 is 0 Å². The molecule has 1 amide bonds. The lowest BCUT2D eigenvalue weighted by Crippen LogP contribution is -2.30. The van der Waals surface area contributed by atoms with Crippen LogP contribution in [0.25, 0.3) is 22.3 Å². The van der Waals surface area contributed by atoms with Crippen molar-refractivity contribution in [3.05, 3.63) is 66.0 Å². The van der Waals surface area contributed by atoms with Gasteiger partial charge in [-0.2, -0.15) is 5.10 Å². The van der Waals surface area contributed by atoms with E-state index in [1.165, 1.54) is 6.33 Å². The highest BCUT2D eigenvalue weighted by molar-refractivity contribution is 5.98. The molecule has 0 atom stereocenters. The number of hydrogen-bond donors (Lipinski definition) is 3. The van der Waals surface area contributed by atoms with Crippen LogP contribution in [0, 0.1) is 0 Å². The minimum absolute atomic E-state index is 0.182. The topological polar surface area (TPSA) is 120 Å². The zero-order valence-electron chi connectivity index (χ0n) is 19.0. The third-order valence-corrected chi connectivity index (χ3v) is 6.20. The molecule has 0 saturated carbocycles. The van der Waals surface area contributed by atoms with Crippen molar-refractivity contribution in [1.82, 2.24) is 30.4 Å². The largest absolute Gasteiger partial charge is 0.496 e. The second-order valence-electron chi connectivity index (χ2n) is 8.31. The van der Waals surface area contributed by atoms with E-state index in [9.17, 15) is 4.79 Å². The van der Waals surface area contributed by atoms with Crippen LogP contribution in [0.1, 0.15) is 34.8 Å². The maximum Gasteiger partial charge on any atom is 0.255 e. The van der Waals surface area contributed by atoms with E-state index < -0.39 is 0 Å². The van der Waals surface area contributed by atoms with Gasteiger partial charge in [-0.25, -0.2) is 14.6 Å². The Hall–Kier alpha value is -3.98. The van der Waals surface area contributed by atoms with E-state index in [1.807, 2.05) is 41.1 Å². The molecule has 4 aromatic rings. The number of benzene rings is 2. The number of anilines is 1. The summed E-state index contributed by atoms with van der Waals surface area (Å²) in [4.78, 5) is 21.3. The molecule has 1 fully saturated rings. The Morgan fingerprint density at radius 1 is 1.15 bits per heavy atom. The monoisotopic (exact) mass is 457 g/mol. The summed E-state index contributed by atoms with van der Waals surface area (Å²) in [5.41, 5.74) is 10.2. The lowest BCUT2D eigenvalue weighted by atomic mass is 10.1. The second-order valence-corrected chi connectivity index (χ2v) is 8.31. The summed E-state index contributed by atoms with van der Waals surface area (Å²) in [7, 11) is 1.55. The summed E-state index contributed by atoms with van der Waals surface area (Å²) in [6.45, 7) is 2.31. The normalized spacial score (nSPS) is 14.3. The molecule has 4 N–H and O–H groups in total. The van der Waals surface area contributed by atoms with Gasteiger partial charge in [-0.3, -0.25) is 4.79 Å². The number of carbonyl (C=O) groups is 1. The van der Waals surface area contributed by atoms with Gasteiger partial charge in [-0.05, 0) is 43.6 Å². The fourth-order valence-electron chi connectivity index (χ4n) is 4.39. The van der Waals surface area contributed by atoms with Gasteiger partial charge in [0.2, 0.25) is 0 Å². The molecule has 9 nitrogen and oxygen atoms in total. The molecule has 1 aliphatic rings. The second kappa shape index (κ2) is 9.48. The lowest BCUT2D eigenvalue weighted by molar-refractivity contribution is 0.0948. The lowest BCUT2D eigenvalue weighted by Gasteiger charge is -2.23. The minimum atomic E-state index is -0.182. The summed E-state index contributed by atoms with van der Waals surface area (Å²) in [5.74, 6) is 0.790. The molecule has 0 aliphatic carbocycles. The number of fused-ring (bicyclic) bond motifs is 1. The van der Waals surface area contributed by atoms with Crippen LogP contribution in [-0.2, 0) is 6.54 Å². The summed E-state index contributed by atoms with van der Waals surface area (Å²) in [6, 6.07) is 15.4. The SMILES string of the molecule is COc1ccccc1C(=O)NCc1ccc(-c2nn(C3CCNCC3)c3ncnc(N)c23)cc1. The van der Waals surface area contributed by atoms with Gasteiger partial charge in [0.15, 0.2) is 5.65 Å². The van der Waals surface area contributed by atoms with Gasteiger partial charge in [-0.15, -0.1) is 0 Å². The minimum Gasteiger partial charge on any atom is -0.496 e. The van der Waals surface area contributed by atoms with Crippen molar-refractivity contribution < 1.29 is 9.53 Å². The number of ether oxygens (including phenoxy) is 1. The number of nitrogens with two attached hydrogens (primary N) is 1. The predicted molar refractivity (Wildman–Crippen MR) is 130 cm³/mol. The first-order valence-electron chi connectivity index (χ1n) is 11.4. The van der Waals surface area contributed by atoms with Crippen LogP contribution in [0.5, 0.6) is 5.75 Å². The van der Waals surface area contributed by atoms with Gasteiger partial charge in [0, 0.05) is 12.1 Å². The Bertz CT molecular complexity index is 1310. The van der Waals surface area contributed by atoms with Crippen molar-refractivity contribution in [1.29, 1.82) is 0 Å². The van der Waals surface area contributed by atoms with Gasteiger partial charge in [-0.1, -0.05) is 36.4 Å². The average molecular weight is 458 g/mol. The third-order valence-electron chi connectivity index (χ3n) is 6.20. The van der Waals surface area contributed by atoms with E-state index in [0.717, 1.165) is 53.8 Å². The number of methoxy groups -OCH3 is 1. The van der Waals surface area contributed by atoms with Gasteiger partial charge in [0.1, 0.15) is 23.6 Å². The highest BCUT2D eigenvalue weighted by Crippen LogP contribution is 2.33. The maximum absolute atomic E-state index is 12.6. The number of nitrogen functional groups attached to an aromatic ring is 1. The number of para-hydroxylation sites is 1. The molecular formula is C25H27N7O2. The highest BCUT2D eigenvalue weighted by atomic mass is 16.5. The van der Waals surface area contributed by atoms with Gasteiger partial charge in [0.25, 0.3) is 5.91 Å². The van der Waals surface area contributed by atoms with Gasteiger partial charge in [0.05, 0.1) is 24.1 Å². The molecule has 9 heteroatoms. The van der Waals surface area contributed by atoms with Crippen molar-refractivity contribution in [3.8, 4) is 17.0 Å². The number of aromatic nitrogens is 4. The molecular weight excluding hydrogens is 430 g/mol. The number of rotatable bonds is 6. The van der Waals surface area contributed by atoms with E-state index in [1.54, 1.807) is 19.2 Å². The average Bonchev–Trinajstić information content (AvgIpc) is 3.29. The van der Waals surface area contributed by atoms with E-state index in [4.69, 9.17) is 15.6 Å². The zero-order chi connectivity index (χ0) is 23.5. The molecule has 0 radical (unpaired) electrons. The van der Waals surface area contributed by atoms with Crippen LogP contribution in [0.15, 0.2) is 54.9 Å². The molecule has 174 valence electrons. The number of amides is 1. The van der Waals surface area contributed by atoms with E-state index >= 15 is 0 Å². The first-order valence-corrected chi connectivity index (χ1v) is 11.4. The number of nitrogens with one attached hydrogen (secondary N) is 2. The van der Waals surface area contributed by atoms with E-state index in [2.05, 4.69) is 20.6 Å². The summed E-state index contributed by atoms with van der Waals surface area (Å²) >= 11 is 0. The van der Waals surface area contributed by atoms with Crippen molar-refractivity contribution in [2.45, 2.75) is 25.4 Å². The number of piperidine rings is 1. The highest BCUT2D eigenvalue weighted by Gasteiger charge is 2.23. The smallest absolute Gasteiger partial charge is 0.255 e. The Labute approximate surface area is 197 Å². The van der Waals surface area contributed by atoms with Crippen molar-refractivity contribution in [3.63, 3.8) is 0 Å². The van der Waals surface area contributed by atoms with Crippen LogP contribution < -0.4 is 21.1 Å². The fraction of sp³-hybridized carbons (Fsp3) is 0.280. The Morgan fingerprint density at radius 3 is 2.68 bits per heavy atom. The van der Waals surface area contributed by atoms with Crippen molar-refractivity contribution in [2.24, 2.45) is 0 Å². The summed E-state index contributed by atoms with van der Waals surface area (Å²) < 4.78 is 7.28. The number of nitrogens with zero attached hydrogens (tertiary/aromatic N) is 4. The summed E-state index contributed by atoms with van der Waals surface area (Å²) in [5, 5.41) is 12.0. The molecule has 5 rings (SSSR count). The Balaban J connectivity index is 1.38. The van der Waals surface area contributed by atoms with Crippen LogP contribution in [0.3, 0.4) is 0 Å². The molecule has 2 aromatic heterocycles. The Morgan fingerprint density at radius 2 is 1.91 bits per heavy atom. The van der Waals surface area contributed by atoms with Gasteiger partial charge < -0.3 is 21.1 Å². The first-order chi connectivity index (χ1) is 16.7. The molecule has 1 saturated heterocycles. The molecule has 0 unspecified atom stereocenters. The van der Waals surface area contributed by atoms with Crippen molar-refractivity contribution >= 4 is 22.8 Å². The zero-order valence-corrected chi connectivity index (χ0v) is 19.0. The first kappa shape index (κ1) is 21.8. The molecule has 2 aromatic carbocycles. The molecule has 3 heterocycles. The van der Waals surface area contributed by atoms with Crippen LogP contribution in [0.2, 0.25) is 0 Å². The van der Waals surface area contributed by atoms with Crippen molar-refractivity contribution in [2.75, 3.05) is 25.9 Å². The standard InChI is InChI=1S/C25H27N7O2/c1-34-20-5-3-2-4-19(20)25(33)28-14-16-6-8-17(9-7-16)22-21-23(26)29-15-30-24(21)32(31-22)18-10-12-27-13-11-18/h2-9,15,18,27H,10-14H2,1H3,(H,28,33)(H2,26,29,30). The third kappa shape index (κ3) is 4.17. The maximum atomic E-state index is 12.6. The molecule has 34 heavy (non-hydrogen) atoms. The Kier molecular flexibility index (Phi) is 6.09. The predicted octanol–water partition coefficient (Wildman–Crippen LogP) is 2.94. The van der Waals surface area contributed by atoms with E-state index in [0.29, 0.717) is 23.7 Å². The van der Waals surface area contributed by atoms with Crippen LogP contribution in [-0.4, -0.2) is 45.9 Å².